The number of hydrogen-bond donors (Lipinski definition) is 3. The van der Waals surface area contributed by atoms with Gasteiger partial charge in [-0.3, -0.25) is 9.93 Å². The van der Waals surface area contributed by atoms with E-state index in [4.69, 9.17) is 22.5 Å². The fourth-order valence-electron chi connectivity index (χ4n) is 1.63. The largest absolute Gasteiger partial charge is 0.393 e. The van der Waals surface area contributed by atoms with E-state index in [1.54, 1.807) is 24.3 Å². The van der Waals surface area contributed by atoms with Crippen LogP contribution < -0.4 is 16.2 Å². The summed E-state index contributed by atoms with van der Waals surface area (Å²) < 4.78 is 26.8. The molecular formula is C15H12ClF2N3OS2. The maximum absolute atomic E-state index is 13.6. The number of anilines is 1. The number of carbonyl (C=O) groups excluding carboxylic acids is 1. The van der Waals surface area contributed by atoms with E-state index in [1.165, 1.54) is 11.8 Å². The van der Waals surface area contributed by atoms with E-state index < -0.39 is 17.5 Å². The third kappa shape index (κ3) is 4.88. The predicted octanol–water partition coefficient (Wildman–Crippen LogP) is 4.08. The molecule has 4 nitrogen and oxygen atoms in total. The van der Waals surface area contributed by atoms with E-state index in [2.05, 4.69) is 5.32 Å². The van der Waals surface area contributed by atoms with Gasteiger partial charge in [0.25, 0.3) is 5.91 Å². The summed E-state index contributed by atoms with van der Waals surface area (Å²) in [6, 6.07) is 9.66. The van der Waals surface area contributed by atoms with Crippen molar-refractivity contribution in [3.63, 3.8) is 0 Å². The van der Waals surface area contributed by atoms with Gasteiger partial charge in [0.1, 0.15) is 17.3 Å². The van der Waals surface area contributed by atoms with Gasteiger partial charge in [-0.25, -0.2) is 8.78 Å². The lowest BCUT2D eigenvalue weighted by Crippen LogP contribution is -2.22. The summed E-state index contributed by atoms with van der Waals surface area (Å²) in [6.07, 6.45) is 0. The molecule has 2 aromatic carbocycles. The number of nitrogens with one attached hydrogen (secondary N) is 1. The number of rotatable bonds is 5. The number of thioether (sulfide) groups is 1. The number of halogens is 3. The summed E-state index contributed by atoms with van der Waals surface area (Å²) in [6.45, 7) is 0. The average molecular weight is 388 g/mol. The monoisotopic (exact) mass is 387 g/mol. The first-order valence-electron chi connectivity index (χ1n) is 6.47. The number of nitrogens with two attached hydrogens (primary N) is 2. The Kier molecular flexibility index (Phi) is 6.50. The van der Waals surface area contributed by atoms with Gasteiger partial charge < -0.3 is 11.1 Å². The molecule has 0 fully saturated rings. The van der Waals surface area contributed by atoms with Crippen LogP contribution in [0.25, 0.3) is 0 Å². The third-order valence-electron chi connectivity index (χ3n) is 2.78. The van der Waals surface area contributed by atoms with Crippen molar-refractivity contribution in [2.24, 2.45) is 10.9 Å². The summed E-state index contributed by atoms with van der Waals surface area (Å²) in [4.78, 5) is 12.9. The summed E-state index contributed by atoms with van der Waals surface area (Å²) in [5.41, 5.74) is 5.45. The molecule has 0 heterocycles. The van der Waals surface area contributed by atoms with Gasteiger partial charge in [-0.05, 0) is 48.3 Å². The Balaban J connectivity index is 2.18. The highest BCUT2D eigenvalue weighted by Gasteiger charge is 2.15. The Hall–Kier alpha value is -1.74. The van der Waals surface area contributed by atoms with E-state index in [-0.39, 0.29) is 11.4 Å². The Labute approximate surface area is 150 Å². The Morgan fingerprint density at radius 2 is 1.79 bits per heavy atom. The molecule has 126 valence electrons. The summed E-state index contributed by atoms with van der Waals surface area (Å²) in [7, 11) is 0. The van der Waals surface area contributed by atoms with Crippen LogP contribution in [0.5, 0.6) is 0 Å². The molecule has 0 saturated carbocycles. The summed E-state index contributed by atoms with van der Waals surface area (Å²) >= 11 is 7.77. The molecule has 0 aliphatic heterocycles. The van der Waals surface area contributed by atoms with Crippen LogP contribution in [0.15, 0.2) is 57.3 Å². The summed E-state index contributed by atoms with van der Waals surface area (Å²) in [5, 5.41) is 8.41. The number of benzene rings is 2. The minimum Gasteiger partial charge on any atom is -0.393 e. The van der Waals surface area contributed by atoms with Gasteiger partial charge in [0.05, 0.1) is 9.92 Å². The zero-order chi connectivity index (χ0) is 17.7. The molecule has 0 unspecified atom stereocenters. The molecule has 0 bridgehead atoms. The molecule has 0 saturated heterocycles. The molecule has 1 amide bonds. The summed E-state index contributed by atoms with van der Waals surface area (Å²) in [5.74, 6) is -2.39. The Morgan fingerprint density at radius 1 is 1.12 bits per heavy atom. The highest BCUT2D eigenvalue weighted by molar-refractivity contribution is 8.21. The van der Waals surface area contributed by atoms with Gasteiger partial charge in [0, 0.05) is 16.0 Å². The van der Waals surface area contributed by atoms with Crippen LogP contribution >= 0.6 is 35.3 Å². The smallest absolute Gasteiger partial charge is 0.273 e. The SMILES string of the molecule is NS/C(Sc1ccc(Cl)cc1)=C(\N)C(=O)Nc1ccc(F)cc1F. The first-order chi connectivity index (χ1) is 11.4. The number of hydrogen-bond acceptors (Lipinski definition) is 5. The molecule has 0 aliphatic rings. The second-order valence-electron chi connectivity index (χ2n) is 4.45. The molecule has 9 heteroatoms. The van der Waals surface area contributed by atoms with Crippen molar-refractivity contribution < 1.29 is 13.6 Å². The van der Waals surface area contributed by atoms with Crippen LogP contribution in [0.2, 0.25) is 5.02 Å². The third-order valence-corrected chi connectivity index (χ3v) is 4.91. The zero-order valence-corrected chi connectivity index (χ0v) is 14.4. The van der Waals surface area contributed by atoms with Crippen molar-refractivity contribution >= 4 is 46.9 Å². The molecule has 2 aromatic rings. The van der Waals surface area contributed by atoms with E-state index in [1.807, 2.05) is 0 Å². The molecule has 24 heavy (non-hydrogen) atoms. The standard InChI is InChI=1S/C15H12ClF2N3OS2/c16-8-1-4-10(5-2-8)23-15(24-20)13(19)14(22)21-12-6-3-9(17)7-11(12)18/h1-7H,19-20H2,(H,21,22)/b15-13-. The molecule has 0 aliphatic carbocycles. The Bertz CT molecular complexity index is 785. The maximum atomic E-state index is 13.6. The van der Waals surface area contributed by atoms with Crippen LogP contribution in [0, 0.1) is 11.6 Å². The van der Waals surface area contributed by atoms with Crippen molar-refractivity contribution in [3.8, 4) is 0 Å². The van der Waals surface area contributed by atoms with Crippen molar-refractivity contribution in [2.45, 2.75) is 4.90 Å². The highest BCUT2D eigenvalue weighted by Crippen LogP contribution is 2.34. The molecule has 2 rings (SSSR count). The molecule has 0 aromatic heterocycles. The van der Waals surface area contributed by atoms with Crippen LogP contribution in [0.1, 0.15) is 0 Å². The van der Waals surface area contributed by atoms with Gasteiger partial charge in [0.15, 0.2) is 0 Å². The lowest BCUT2D eigenvalue weighted by atomic mass is 10.3. The van der Waals surface area contributed by atoms with Crippen molar-refractivity contribution in [1.82, 2.24) is 0 Å². The minimum atomic E-state index is -0.900. The topological polar surface area (TPSA) is 81.1 Å². The van der Waals surface area contributed by atoms with Crippen LogP contribution in [0.3, 0.4) is 0 Å². The first kappa shape index (κ1) is 18.6. The highest BCUT2D eigenvalue weighted by atomic mass is 35.5. The van der Waals surface area contributed by atoms with Gasteiger partial charge in [0.2, 0.25) is 0 Å². The lowest BCUT2D eigenvalue weighted by Gasteiger charge is -2.10. The quantitative estimate of drug-likeness (QED) is 0.409. The normalized spacial score (nSPS) is 11.8. The molecule has 0 spiro atoms. The van der Waals surface area contributed by atoms with E-state index in [0.717, 1.165) is 29.0 Å². The van der Waals surface area contributed by atoms with E-state index >= 15 is 0 Å². The lowest BCUT2D eigenvalue weighted by molar-refractivity contribution is -0.112. The second kappa shape index (κ2) is 8.39. The predicted molar refractivity (Wildman–Crippen MR) is 95.3 cm³/mol. The number of carbonyl (C=O) groups is 1. The van der Waals surface area contributed by atoms with Crippen molar-refractivity contribution in [2.75, 3.05) is 5.32 Å². The minimum absolute atomic E-state index is 0.175. The fourth-order valence-corrected chi connectivity index (χ4v) is 3.14. The van der Waals surface area contributed by atoms with Gasteiger partial charge in [-0.15, -0.1) is 0 Å². The van der Waals surface area contributed by atoms with Crippen molar-refractivity contribution in [1.29, 1.82) is 0 Å². The zero-order valence-electron chi connectivity index (χ0n) is 12.1. The van der Waals surface area contributed by atoms with Crippen LogP contribution in [-0.2, 0) is 4.79 Å². The fraction of sp³-hybridized carbons (Fsp3) is 0. The second-order valence-corrected chi connectivity index (χ2v) is 6.88. The molecule has 5 N–H and O–H groups in total. The van der Waals surface area contributed by atoms with Gasteiger partial charge >= 0.3 is 0 Å². The Morgan fingerprint density at radius 3 is 2.38 bits per heavy atom. The molecule has 0 atom stereocenters. The van der Waals surface area contributed by atoms with Gasteiger partial charge in [-0.1, -0.05) is 23.4 Å². The molecule has 0 radical (unpaired) electrons. The van der Waals surface area contributed by atoms with E-state index in [0.29, 0.717) is 15.3 Å². The average Bonchev–Trinajstić information content (AvgIpc) is 2.56. The maximum Gasteiger partial charge on any atom is 0.273 e. The van der Waals surface area contributed by atoms with Gasteiger partial charge in [-0.2, -0.15) is 0 Å². The van der Waals surface area contributed by atoms with Crippen LogP contribution in [-0.4, -0.2) is 5.91 Å². The number of amides is 1. The van der Waals surface area contributed by atoms with Crippen molar-refractivity contribution in [3.05, 3.63) is 69.1 Å². The van der Waals surface area contributed by atoms with Crippen LogP contribution in [0.4, 0.5) is 14.5 Å². The molecular weight excluding hydrogens is 376 g/mol. The van der Waals surface area contributed by atoms with E-state index in [9.17, 15) is 13.6 Å². The first-order valence-corrected chi connectivity index (χ1v) is 8.54.